The van der Waals surface area contributed by atoms with Crippen LogP contribution in [-0.4, -0.2) is 16.5 Å². The lowest BCUT2D eigenvalue weighted by atomic mass is 10.0. The Morgan fingerprint density at radius 3 is 2.24 bits per heavy atom. The highest BCUT2D eigenvalue weighted by molar-refractivity contribution is 6.57. The van der Waals surface area contributed by atoms with E-state index in [1.54, 1.807) is 12.1 Å². The number of ketones is 2. The van der Waals surface area contributed by atoms with E-state index < -0.39 is 16.5 Å². The standard InChI is InChI=1S/C12H5NO4/c14-11-7-3-1-2-6-9(13(16)17)5-4-8(10(6)7)12(11)15/h1-5H. The van der Waals surface area contributed by atoms with Crippen LogP contribution in [0.1, 0.15) is 20.7 Å². The fourth-order valence-corrected chi connectivity index (χ4v) is 2.17. The van der Waals surface area contributed by atoms with Crippen molar-refractivity contribution in [2.24, 2.45) is 0 Å². The van der Waals surface area contributed by atoms with Gasteiger partial charge in [-0.3, -0.25) is 19.7 Å². The summed E-state index contributed by atoms with van der Waals surface area (Å²) in [5.41, 5.74) is 0.422. The van der Waals surface area contributed by atoms with Gasteiger partial charge in [0, 0.05) is 22.6 Å². The molecule has 5 heteroatoms. The van der Waals surface area contributed by atoms with E-state index in [0.717, 1.165) is 0 Å². The fourth-order valence-electron chi connectivity index (χ4n) is 2.17. The number of nitrogens with zero attached hydrogens (tertiary/aromatic N) is 1. The Balaban J connectivity index is 2.55. The first-order chi connectivity index (χ1) is 8.11. The average Bonchev–Trinajstić information content (AvgIpc) is 2.57. The van der Waals surface area contributed by atoms with Crippen LogP contribution in [0, 0.1) is 10.1 Å². The van der Waals surface area contributed by atoms with Gasteiger partial charge in [0.1, 0.15) is 0 Å². The minimum absolute atomic E-state index is 0.0897. The molecule has 17 heavy (non-hydrogen) atoms. The number of rotatable bonds is 1. The van der Waals surface area contributed by atoms with Crippen LogP contribution in [0.4, 0.5) is 5.69 Å². The number of hydrogen-bond donors (Lipinski definition) is 0. The third kappa shape index (κ3) is 1.08. The maximum absolute atomic E-state index is 11.6. The lowest BCUT2D eigenvalue weighted by Crippen LogP contribution is -2.05. The van der Waals surface area contributed by atoms with Gasteiger partial charge in [0.15, 0.2) is 0 Å². The molecule has 2 aromatic rings. The molecule has 0 aromatic heterocycles. The van der Waals surface area contributed by atoms with Crippen molar-refractivity contribution in [1.29, 1.82) is 0 Å². The van der Waals surface area contributed by atoms with Crippen molar-refractivity contribution in [3.63, 3.8) is 0 Å². The SMILES string of the molecule is O=C1C(=O)c2ccc([N+](=O)[O-])c3cccc1c23. The molecule has 0 atom stereocenters. The monoisotopic (exact) mass is 227 g/mol. The van der Waals surface area contributed by atoms with Gasteiger partial charge in [0.2, 0.25) is 11.6 Å². The molecule has 0 N–H and O–H groups in total. The van der Waals surface area contributed by atoms with Crippen molar-refractivity contribution < 1.29 is 14.5 Å². The second kappa shape index (κ2) is 2.98. The molecule has 0 spiro atoms. The summed E-state index contributed by atoms with van der Waals surface area (Å²) < 4.78 is 0. The Kier molecular flexibility index (Phi) is 1.69. The molecule has 0 aliphatic heterocycles. The van der Waals surface area contributed by atoms with Crippen LogP contribution in [0.3, 0.4) is 0 Å². The van der Waals surface area contributed by atoms with E-state index in [-0.39, 0.29) is 16.8 Å². The minimum Gasteiger partial charge on any atom is -0.285 e. The third-order valence-electron chi connectivity index (χ3n) is 2.91. The van der Waals surface area contributed by atoms with Gasteiger partial charge in [-0.15, -0.1) is 0 Å². The van der Waals surface area contributed by atoms with Gasteiger partial charge in [0.05, 0.1) is 10.3 Å². The second-order valence-electron chi connectivity index (χ2n) is 3.78. The summed E-state index contributed by atoms with van der Waals surface area (Å²) in [5.74, 6) is -1.18. The van der Waals surface area contributed by atoms with Crippen LogP contribution in [-0.2, 0) is 0 Å². The predicted molar refractivity (Wildman–Crippen MR) is 59.3 cm³/mol. The van der Waals surface area contributed by atoms with Crippen LogP contribution in [0.5, 0.6) is 0 Å². The van der Waals surface area contributed by atoms with E-state index in [9.17, 15) is 19.7 Å². The number of nitro benzene ring substituents is 1. The predicted octanol–water partition coefficient (Wildman–Crippen LogP) is 2.13. The van der Waals surface area contributed by atoms with E-state index in [1.807, 2.05) is 0 Å². The summed E-state index contributed by atoms with van der Waals surface area (Å²) in [6.45, 7) is 0. The lowest BCUT2D eigenvalue weighted by Gasteiger charge is -2.00. The number of carbonyl (C=O) groups is 2. The number of carbonyl (C=O) groups excluding carboxylic acids is 2. The maximum atomic E-state index is 11.6. The molecule has 0 bridgehead atoms. The van der Waals surface area contributed by atoms with Gasteiger partial charge in [0.25, 0.3) is 5.69 Å². The summed E-state index contributed by atoms with van der Waals surface area (Å²) in [5, 5.41) is 11.6. The molecule has 1 aliphatic rings. The zero-order chi connectivity index (χ0) is 12.2. The molecule has 0 heterocycles. The van der Waals surface area contributed by atoms with Crippen molar-refractivity contribution in [3.05, 3.63) is 51.6 Å². The molecule has 2 aromatic carbocycles. The van der Waals surface area contributed by atoms with Gasteiger partial charge >= 0.3 is 0 Å². The quantitative estimate of drug-likeness (QED) is 0.424. The zero-order valence-corrected chi connectivity index (χ0v) is 8.47. The molecule has 1 aliphatic carbocycles. The Hall–Kier alpha value is -2.56. The highest BCUT2D eigenvalue weighted by Gasteiger charge is 2.32. The molecule has 0 amide bonds. The highest BCUT2D eigenvalue weighted by atomic mass is 16.6. The van der Waals surface area contributed by atoms with Crippen LogP contribution in [0.25, 0.3) is 10.8 Å². The lowest BCUT2D eigenvalue weighted by molar-refractivity contribution is -0.383. The first kappa shape index (κ1) is 9.65. The number of non-ortho nitro benzene ring substituents is 1. The third-order valence-corrected chi connectivity index (χ3v) is 2.91. The van der Waals surface area contributed by atoms with Crippen LogP contribution in [0.15, 0.2) is 30.3 Å². The number of Topliss-reactive ketones (excluding diaryl/α,β-unsaturated/α-hetero) is 2. The normalized spacial score (nSPS) is 13.4. The number of nitro groups is 1. The number of benzene rings is 2. The summed E-state index contributed by atoms with van der Waals surface area (Å²) in [4.78, 5) is 33.6. The fraction of sp³-hybridized carbons (Fsp3) is 0. The molecular weight excluding hydrogens is 222 g/mol. The van der Waals surface area contributed by atoms with Gasteiger partial charge in [-0.2, -0.15) is 0 Å². The Morgan fingerprint density at radius 1 is 0.941 bits per heavy atom. The molecule has 0 saturated carbocycles. The molecule has 0 radical (unpaired) electrons. The largest absolute Gasteiger partial charge is 0.285 e. The van der Waals surface area contributed by atoms with Crippen LogP contribution >= 0.6 is 0 Å². The topological polar surface area (TPSA) is 77.3 Å². The molecule has 5 nitrogen and oxygen atoms in total. The van der Waals surface area contributed by atoms with Gasteiger partial charge in [-0.05, 0) is 12.1 Å². The molecule has 0 fully saturated rings. The minimum atomic E-state index is -0.592. The van der Waals surface area contributed by atoms with E-state index in [0.29, 0.717) is 10.8 Å². The number of hydrogen-bond acceptors (Lipinski definition) is 4. The maximum Gasteiger partial charge on any atom is 0.277 e. The summed E-state index contributed by atoms with van der Waals surface area (Å²) >= 11 is 0. The van der Waals surface area contributed by atoms with Crippen molar-refractivity contribution in [1.82, 2.24) is 0 Å². The highest BCUT2D eigenvalue weighted by Crippen LogP contribution is 2.35. The first-order valence-electron chi connectivity index (χ1n) is 4.90. The van der Waals surface area contributed by atoms with E-state index in [4.69, 9.17) is 0 Å². The van der Waals surface area contributed by atoms with Crippen LogP contribution in [0.2, 0.25) is 0 Å². The smallest absolute Gasteiger partial charge is 0.277 e. The van der Waals surface area contributed by atoms with Crippen molar-refractivity contribution in [2.75, 3.05) is 0 Å². The van der Waals surface area contributed by atoms with Gasteiger partial charge in [-0.1, -0.05) is 12.1 Å². The molecule has 0 saturated heterocycles. The Morgan fingerprint density at radius 2 is 1.59 bits per heavy atom. The second-order valence-corrected chi connectivity index (χ2v) is 3.78. The molecular formula is C12H5NO4. The summed E-state index contributed by atoms with van der Waals surface area (Å²) in [6, 6.07) is 7.22. The van der Waals surface area contributed by atoms with Crippen molar-refractivity contribution in [2.45, 2.75) is 0 Å². The van der Waals surface area contributed by atoms with Crippen molar-refractivity contribution >= 4 is 28.0 Å². The molecule has 82 valence electrons. The van der Waals surface area contributed by atoms with Gasteiger partial charge in [-0.25, -0.2) is 0 Å². The van der Waals surface area contributed by atoms with E-state index in [1.165, 1.54) is 18.2 Å². The average molecular weight is 227 g/mol. The van der Waals surface area contributed by atoms with E-state index in [2.05, 4.69) is 0 Å². The molecule has 3 rings (SSSR count). The zero-order valence-electron chi connectivity index (χ0n) is 8.47. The van der Waals surface area contributed by atoms with Crippen molar-refractivity contribution in [3.8, 4) is 0 Å². The summed E-state index contributed by atoms with van der Waals surface area (Å²) in [6.07, 6.45) is 0. The van der Waals surface area contributed by atoms with Crippen LogP contribution < -0.4 is 0 Å². The first-order valence-corrected chi connectivity index (χ1v) is 4.90. The molecule has 0 unspecified atom stereocenters. The Labute approximate surface area is 94.8 Å². The van der Waals surface area contributed by atoms with Gasteiger partial charge < -0.3 is 0 Å². The van der Waals surface area contributed by atoms with E-state index >= 15 is 0 Å². The Bertz CT molecular complexity index is 698. The summed E-state index contributed by atoms with van der Waals surface area (Å²) in [7, 11) is 0.